The van der Waals surface area contributed by atoms with Gasteiger partial charge < -0.3 is 10.2 Å². The summed E-state index contributed by atoms with van der Waals surface area (Å²) >= 11 is 3.69. The summed E-state index contributed by atoms with van der Waals surface area (Å²) in [4.78, 5) is 5.42. The van der Waals surface area contributed by atoms with Crippen LogP contribution in [0.15, 0.2) is 35.0 Å². The van der Waals surface area contributed by atoms with Gasteiger partial charge in [0.25, 0.3) is 0 Å². The van der Waals surface area contributed by atoms with Crippen molar-refractivity contribution in [1.82, 2.24) is 10.2 Å². The standard InChI is InChI=1S/C16H22N2S2/c1-13(12-18-8-2-3-9-18)17-16(14-6-4-10-19-14)15-7-5-11-20-15/h4-7,10-11,13,16-17H,2-3,8-9,12H2,1H3. The van der Waals surface area contributed by atoms with E-state index >= 15 is 0 Å². The average molecular weight is 307 g/mol. The van der Waals surface area contributed by atoms with Crippen LogP contribution in [0.1, 0.15) is 35.6 Å². The molecule has 2 aromatic heterocycles. The fraction of sp³-hybridized carbons (Fsp3) is 0.500. The second-order valence-electron chi connectivity index (χ2n) is 5.54. The molecule has 0 amide bonds. The Hall–Kier alpha value is -0.680. The molecule has 0 radical (unpaired) electrons. The first-order chi connectivity index (χ1) is 9.83. The molecule has 1 aliphatic heterocycles. The van der Waals surface area contributed by atoms with Crippen LogP contribution in [0.2, 0.25) is 0 Å². The molecular weight excluding hydrogens is 284 g/mol. The van der Waals surface area contributed by atoms with Crippen molar-refractivity contribution >= 4 is 22.7 Å². The third-order valence-electron chi connectivity index (χ3n) is 3.84. The van der Waals surface area contributed by atoms with Gasteiger partial charge in [0, 0.05) is 22.3 Å². The average Bonchev–Trinajstić information content (AvgIpc) is 3.18. The number of thiophene rings is 2. The topological polar surface area (TPSA) is 15.3 Å². The fourth-order valence-electron chi connectivity index (χ4n) is 2.91. The molecule has 1 unspecified atom stereocenters. The van der Waals surface area contributed by atoms with Gasteiger partial charge in [-0.25, -0.2) is 0 Å². The monoisotopic (exact) mass is 306 g/mol. The van der Waals surface area contributed by atoms with Crippen molar-refractivity contribution in [1.29, 1.82) is 0 Å². The highest BCUT2D eigenvalue weighted by atomic mass is 32.1. The van der Waals surface area contributed by atoms with Crippen molar-refractivity contribution in [3.63, 3.8) is 0 Å². The van der Waals surface area contributed by atoms with E-state index in [0.29, 0.717) is 12.1 Å². The smallest absolute Gasteiger partial charge is 0.0767 e. The first kappa shape index (κ1) is 14.3. The molecule has 0 aromatic carbocycles. The molecule has 0 bridgehead atoms. The van der Waals surface area contributed by atoms with E-state index in [4.69, 9.17) is 0 Å². The largest absolute Gasteiger partial charge is 0.302 e. The van der Waals surface area contributed by atoms with E-state index in [9.17, 15) is 0 Å². The fourth-order valence-corrected chi connectivity index (χ4v) is 4.58. The van der Waals surface area contributed by atoms with Gasteiger partial charge in [-0.3, -0.25) is 0 Å². The van der Waals surface area contributed by atoms with Crippen LogP contribution in [0.5, 0.6) is 0 Å². The van der Waals surface area contributed by atoms with E-state index in [1.807, 2.05) is 22.7 Å². The number of likely N-dealkylation sites (tertiary alicyclic amines) is 1. The van der Waals surface area contributed by atoms with Gasteiger partial charge in [-0.2, -0.15) is 0 Å². The Kier molecular flexibility index (Phi) is 4.89. The lowest BCUT2D eigenvalue weighted by molar-refractivity contribution is 0.293. The first-order valence-corrected chi connectivity index (χ1v) is 9.14. The first-order valence-electron chi connectivity index (χ1n) is 7.38. The van der Waals surface area contributed by atoms with Gasteiger partial charge in [-0.05, 0) is 55.7 Å². The summed E-state index contributed by atoms with van der Waals surface area (Å²) in [6, 6.07) is 9.64. The van der Waals surface area contributed by atoms with Crippen LogP contribution in [0.4, 0.5) is 0 Å². The summed E-state index contributed by atoms with van der Waals surface area (Å²) in [5, 5.41) is 8.17. The van der Waals surface area contributed by atoms with Crippen molar-refractivity contribution in [3.05, 3.63) is 44.8 Å². The van der Waals surface area contributed by atoms with Crippen LogP contribution in [-0.2, 0) is 0 Å². The van der Waals surface area contributed by atoms with Crippen molar-refractivity contribution in [2.45, 2.75) is 31.8 Å². The molecule has 3 heterocycles. The number of nitrogens with one attached hydrogen (secondary N) is 1. The summed E-state index contributed by atoms with van der Waals surface area (Å²) in [5.74, 6) is 0. The minimum absolute atomic E-state index is 0.354. The van der Waals surface area contributed by atoms with Gasteiger partial charge in [0.15, 0.2) is 0 Å². The van der Waals surface area contributed by atoms with Crippen molar-refractivity contribution in [2.24, 2.45) is 0 Å². The van der Waals surface area contributed by atoms with Gasteiger partial charge in [-0.1, -0.05) is 12.1 Å². The molecule has 2 nitrogen and oxygen atoms in total. The molecule has 1 atom stereocenters. The zero-order valence-corrected chi connectivity index (χ0v) is 13.6. The number of hydrogen-bond acceptors (Lipinski definition) is 4. The van der Waals surface area contributed by atoms with E-state index in [0.717, 1.165) is 6.54 Å². The minimum Gasteiger partial charge on any atom is -0.302 e. The lowest BCUT2D eigenvalue weighted by Crippen LogP contribution is -2.39. The molecule has 1 aliphatic rings. The number of nitrogens with zero attached hydrogens (tertiary/aromatic N) is 1. The molecule has 1 saturated heterocycles. The zero-order valence-electron chi connectivity index (χ0n) is 11.9. The summed E-state index contributed by atoms with van der Waals surface area (Å²) in [5.41, 5.74) is 0. The van der Waals surface area contributed by atoms with E-state index < -0.39 is 0 Å². The third kappa shape index (κ3) is 3.50. The molecule has 2 aromatic rings. The second-order valence-corrected chi connectivity index (χ2v) is 7.50. The molecule has 4 heteroatoms. The van der Waals surface area contributed by atoms with Gasteiger partial charge in [0.2, 0.25) is 0 Å². The van der Waals surface area contributed by atoms with E-state index in [1.165, 1.54) is 35.7 Å². The Bertz CT molecular complexity index is 452. The molecule has 108 valence electrons. The van der Waals surface area contributed by atoms with Crippen molar-refractivity contribution in [3.8, 4) is 0 Å². The van der Waals surface area contributed by atoms with Crippen LogP contribution < -0.4 is 5.32 Å². The second kappa shape index (κ2) is 6.85. The minimum atomic E-state index is 0.354. The molecule has 0 saturated carbocycles. The van der Waals surface area contributed by atoms with Crippen LogP contribution in [0.25, 0.3) is 0 Å². The molecule has 1 N–H and O–H groups in total. The van der Waals surface area contributed by atoms with Crippen LogP contribution in [-0.4, -0.2) is 30.6 Å². The summed E-state index contributed by atoms with van der Waals surface area (Å²) in [7, 11) is 0. The highest BCUT2D eigenvalue weighted by Gasteiger charge is 2.20. The third-order valence-corrected chi connectivity index (χ3v) is 5.71. The molecule has 0 spiro atoms. The molecule has 1 fully saturated rings. The maximum Gasteiger partial charge on any atom is 0.0767 e. The number of hydrogen-bond donors (Lipinski definition) is 1. The van der Waals surface area contributed by atoms with Crippen molar-refractivity contribution < 1.29 is 0 Å². The summed E-state index contributed by atoms with van der Waals surface area (Å²) < 4.78 is 0. The van der Waals surface area contributed by atoms with Crippen molar-refractivity contribution in [2.75, 3.05) is 19.6 Å². The van der Waals surface area contributed by atoms with Gasteiger partial charge >= 0.3 is 0 Å². The summed E-state index contributed by atoms with van der Waals surface area (Å²) in [6.45, 7) is 6.02. The number of rotatable bonds is 6. The predicted octanol–water partition coefficient (Wildman–Crippen LogP) is 3.97. The van der Waals surface area contributed by atoms with Gasteiger partial charge in [-0.15, -0.1) is 22.7 Å². The maximum atomic E-state index is 3.83. The molecule has 20 heavy (non-hydrogen) atoms. The Morgan fingerprint density at radius 2 is 1.70 bits per heavy atom. The lowest BCUT2D eigenvalue weighted by atomic mass is 10.1. The van der Waals surface area contributed by atoms with Gasteiger partial charge in [0.05, 0.1) is 6.04 Å². The quantitative estimate of drug-likeness (QED) is 0.868. The zero-order chi connectivity index (χ0) is 13.8. The normalized spacial score (nSPS) is 17.9. The van der Waals surface area contributed by atoms with E-state index in [1.54, 1.807) is 0 Å². The van der Waals surface area contributed by atoms with Crippen LogP contribution in [0.3, 0.4) is 0 Å². The Morgan fingerprint density at radius 1 is 1.10 bits per heavy atom. The summed E-state index contributed by atoms with van der Waals surface area (Å²) in [6.07, 6.45) is 2.73. The molecular formula is C16H22N2S2. The van der Waals surface area contributed by atoms with Crippen LogP contribution >= 0.6 is 22.7 Å². The molecule has 0 aliphatic carbocycles. The highest BCUT2D eigenvalue weighted by Crippen LogP contribution is 2.29. The maximum absolute atomic E-state index is 3.83. The Morgan fingerprint density at radius 3 is 2.20 bits per heavy atom. The van der Waals surface area contributed by atoms with E-state index in [-0.39, 0.29) is 0 Å². The Balaban J connectivity index is 1.67. The lowest BCUT2D eigenvalue weighted by Gasteiger charge is -2.25. The highest BCUT2D eigenvalue weighted by molar-refractivity contribution is 7.11. The Labute approximate surface area is 129 Å². The predicted molar refractivity (Wildman–Crippen MR) is 88.8 cm³/mol. The van der Waals surface area contributed by atoms with E-state index in [2.05, 4.69) is 52.2 Å². The van der Waals surface area contributed by atoms with Crippen LogP contribution in [0, 0.1) is 0 Å². The SMILES string of the molecule is CC(CN1CCCC1)NC(c1cccs1)c1cccs1. The van der Waals surface area contributed by atoms with Gasteiger partial charge in [0.1, 0.15) is 0 Å². The molecule has 3 rings (SSSR count).